The van der Waals surface area contributed by atoms with Gasteiger partial charge in [-0.05, 0) is 50.8 Å². The van der Waals surface area contributed by atoms with Crippen molar-refractivity contribution in [2.24, 2.45) is 0 Å². The second-order valence-corrected chi connectivity index (χ2v) is 8.55. The Morgan fingerprint density at radius 2 is 1.89 bits per heavy atom. The number of rotatable bonds is 5. The molecule has 0 aromatic heterocycles. The third-order valence-corrected chi connectivity index (χ3v) is 6.75. The van der Waals surface area contributed by atoms with E-state index in [1.54, 1.807) is 6.07 Å². The van der Waals surface area contributed by atoms with E-state index in [0.29, 0.717) is 50.2 Å². The maximum Gasteiger partial charge on any atom is 0.146 e. The molecule has 3 fully saturated rings. The van der Waals surface area contributed by atoms with E-state index in [1.165, 1.54) is 25.5 Å². The van der Waals surface area contributed by atoms with E-state index in [-0.39, 0.29) is 12.4 Å². The van der Waals surface area contributed by atoms with Gasteiger partial charge in [0.05, 0.1) is 11.3 Å². The fourth-order valence-electron chi connectivity index (χ4n) is 5.17. The Kier molecular flexibility index (Phi) is 5.69. The van der Waals surface area contributed by atoms with Crippen LogP contribution in [0.25, 0.3) is 0 Å². The normalized spacial score (nSPS) is 29.1. The van der Waals surface area contributed by atoms with E-state index in [4.69, 9.17) is 0 Å². The summed E-state index contributed by atoms with van der Waals surface area (Å²) >= 11 is 0. The number of piperazine rings is 1. The minimum atomic E-state index is -0.726. The molecule has 5 nitrogen and oxygen atoms in total. The number of fused-ring (bicyclic) bond motifs is 1. The fourth-order valence-corrected chi connectivity index (χ4v) is 5.17. The van der Waals surface area contributed by atoms with Crippen molar-refractivity contribution in [2.45, 2.75) is 49.8 Å². The highest BCUT2D eigenvalue weighted by Gasteiger charge is 2.41. The summed E-state index contributed by atoms with van der Waals surface area (Å²) in [6.07, 6.45) is 4.56. The van der Waals surface area contributed by atoms with Gasteiger partial charge in [0.1, 0.15) is 5.82 Å². The van der Waals surface area contributed by atoms with Crippen molar-refractivity contribution in [1.82, 2.24) is 9.80 Å². The van der Waals surface area contributed by atoms with Gasteiger partial charge in [-0.3, -0.25) is 9.80 Å². The lowest BCUT2D eigenvalue weighted by molar-refractivity contribution is -0.0537. The lowest BCUT2D eigenvalue weighted by atomic mass is 9.89. The van der Waals surface area contributed by atoms with Crippen molar-refractivity contribution >= 4 is 5.69 Å². The zero-order chi connectivity index (χ0) is 18.9. The van der Waals surface area contributed by atoms with Gasteiger partial charge in [0, 0.05) is 51.4 Å². The van der Waals surface area contributed by atoms with E-state index >= 15 is 0 Å². The second kappa shape index (κ2) is 8.03. The predicted molar refractivity (Wildman–Crippen MR) is 104 cm³/mol. The number of aliphatic hydroxyl groups excluding tert-OH is 1. The van der Waals surface area contributed by atoms with Gasteiger partial charge in [-0.25, -0.2) is 4.39 Å². The molecule has 0 saturated carbocycles. The van der Waals surface area contributed by atoms with Crippen molar-refractivity contribution in [3.05, 3.63) is 30.1 Å². The first kappa shape index (κ1) is 19.1. The molecule has 3 aliphatic heterocycles. The summed E-state index contributed by atoms with van der Waals surface area (Å²) in [4.78, 5) is 7.02. The fraction of sp³-hybridized carbons (Fsp3) is 0.714. The number of benzene rings is 1. The van der Waals surface area contributed by atoms with Crippen molar-refractivity contribution < 1.29 is 14.6 Å². The van der Waals surface area contributed by atoms with E-state index in [1.807, 2.05) is 17.0 Å². The van der Waals surface area contributed by atoms with Crippen LogP contribution >= 0.6 is 0 Å². The molecule has 1 aromatic rings. The Hall–Kier alpha value is -1.21. The first-order chi connectivity index (χ1) is 13.1. The third kappa shape index (κ3) is 4.14. The molecule has 6 heteroatoms. The first-order valence-electron chi connectivity index (χ1n) is 10.4. The lowest BCUT2D eigenvalue weighted by Gasteiger charge is -2.48. The molecule has 0 bridgehead atoms. The van der Waals surface area contributed by atoms with Gasteiger partial charge in [-0.2, -0.15) is 0 Å². The Labute approximate surface area is 161 Å². The van der Waals surface area contributed by atoms with Crippen molar-refractivity contribution in [3.8, 4) is 0 Å². The van der Waals surface area contributed by atoms with Crippen molar-refractivity contribution in [3.63, 3.8) is 0 Å². The maximum atomic E-state index is 14.1. The van der Waals surface area contributed by atoms with Crippen LogP contribution in [0.4, 0.5) is 10.1 Å². The van der Waals surface area contributed by atoms with Crippen LogP contribution in [-0.4, -0.2) is 83.6 Å². The SMILES string of the molecule is OCC[C@H]1CN2CCCC2CN1CC1(O)CCN(c2ccccc2F)CC1. The monoisotopic (exact) mass is 377 g/mol. The summed E-state index contributed by atoms with van der Waals surface area (Å²) in [5.41, 5.74) is -0.0896. The number of anilines is 1. The van der Waals surface area contributed by atoms with Crippen LogP contribution in [0.1, 0.15) is 32.1 Å². The van der Waals surface area contributed by atoms with Crippen LogP contribution in [0.3, 0.4) is 0 Å². The number of halogens is 1. The quantitative estimate of drug-likeness (QED) is 0.818. The Morgan fingerprint density at radius 3 is 2.63 bits per heavy atom. The van der Waals surface area contributed by atoms with E-state index in [2.05, 4.69) is 9.80 Å². The van der Waals surface area contributed by atoms with Gasteiger partial charge in [0.2, 0.25) is 0 Å². The van der Waals surface area contributed by atoms with Gasteiger partial charge in [-0.15, -0.1) is 0 Å². The Morgan fingerprint density at radius 1 is 1.11 bits per heavy atom. The summed E-state index contributed by atoms with van der Waals surface area (Å²) in [6, 6.07) is 7.80. The average molecular weight is 378 g/mol. The van der Waals surface area contributed by atoms with Crippen molar-refractivity contribution in [2.75, 3.05) is 50.8 Å². The highest BCUT2D eigenvalue weighted by Crippen LogP contribution is 2.32. The molecular formula is C21H32FN3O2. The van der Waals surface area contributed by atoms with E-state index < -0.39 is 5.60 Å². The molecule has 2 atom stereocenters. The molecule has 27 heavy (non-hydrogen) atoms. The molecule has 4 rings (SSSR count). The van der Waals surface area contributed by atoms with Crippen molar-refractivity contribution in [1.29, 1.82) is 0 Å². The lowest BCUT2D eigenvalue weighted by Crippen LogP contribution is -2.61. The molecular weight excluding hydrogens is 345 g/mol. The van der Waals surface area contributed by atoms with Gasteiger partial charge < -0.3 is 15.1 Å². The smallest absolute Gasteiger partial charge is 0.146 e. The summed E-state index contributed by atoms with van der Waals surface area (Å²) in [7, 11) is 0. The molecule has 0 radical (unpaired) electrons. The highest BCUT2D eigenvalue weighted by molar-refractivity contribution is 5.48. The summed E-state index contributed by atoms with van der Waals surface area (Å²) in [5, 5.41) is 20.7. The minimum absolute atomic E-state index is 0.191. The Balaban J connectivity index is 1.39. The van der Waals surface area contributed by atoms with Gasteiger partial charge in [0.15, 0.2) is 0 Å². The van der Waals surface area contributed by atoms with Gasteiger partial charge in [-0.1, -0.05) is 12.1 Å². The zero-order valence-electron chi connectivity index (χ0n) is 16.1. The number of hydrogen-bond donors (Lipinski definition) is 2. The molecule has 2 N–H and O–H groups in total. The van der Waals surface area contributed by atoms with Gasteiger partial charge in [0.25, 0.3) is 0 Å². The summed E-state index contributed by atoms with van der Waals surface area (Å²) in [6.45, 7) is 5.36. The molecule has 0 spiro atoms. The molecule has 1 unspecified atom stereocenters. The number of para-hydroxylation sites is 1. The molecule has 3 aliphatic rings. The zero-order valence-corrected chi connectivity index (χ0v) is 16.1. The van der Waals surface area contributed by atoms with Crippen LogP contribution in [0.2, 0.25) is 0 Å². The third-order valence-electron chi connectivity index (χ3n) is 6.75. The van der Waals surface area contributed by atoms with E-state index in [0.717, 1.165) is 19.5 Å². The predicted octanol–water partition coefficient (Wildman–Crippen LogP) is 1.69. The number of aliphatic hydroxyl groups is 2. The number of piperidine rings is 1. The highest BCUT2D eigenvalue weighted by atomic mass is 19.1. The summed E-state index contributed by atoms with van der Waals surface area (Å²) in [5.74, 6) is -0.191. The molecule has 150 valence electrons. The van der Waals surface area contributed by atoms with Crippen LogP contribution in [0, 0.1) is 5.82 Å². The Bertz CT molecular complexity index is 636. The largest absolute Gasteiger partial charge is 0.396 e. The van der Waals surface area contributed by atoms with E-state index in [9.17, 15) is 14.6 Å². The number of nitrogens with zero attached hydrogens (tertiary/aromatic N) is 3. The second-order valence-electron chi connectivity index (χ2n) is 8.55. The molecule has 0 amide bonds. The summed E-state index contributed by atoms with van der Waals surface area (Å²) < 4.78 is 14.1. The maximum absolute atomic E-state index is 14.1. The van der Waals surface area contributed by atoms with Crippen LogP contribution in [-0.2, 0) is 0 Å². The van der Waals surface area contributed by atoms with Crippen LogP contribution < -0.4 is 4.90 Å². The number of hydrogen-bond acceptors (Lipinski definition) is 5. The topological polar surface area (TPSA) is 50.2 Å². The van der Waals surface area contributed by atoms with Crippen LogP contribution in [0.5, 0.6) is 0 Å². The molecule has 3 heterocycles. The van der Waals surface area contributed by atoms with Crippen LogP contribution in [0.15, 0.2) is 24.3 Å². The minimum Gasteiger partial charge on any atom is -0.396 e. The average Bonchev–Trinajstić information content (AvgIpc) is 3.11. The number of β-amino-alcohol motifs (C(OH)–C–C–N with tert-alkyl or cyclic N) is 1. The molecule has 1 aromatic carbocycles. The first-order valence-corrected chi connectivity index (χ1v) is 10.4. The standard InChI is InChI=1S/C21H32FN3O2/c22-19-5-1-2-6-20(19)23-11-8-21(27,9-12-23)16-25-15-17-4-3-10-24(17)14-18(25)7-13-26/h1-2,5-6,17-18,26-27H,3-4,7-16H2/t17?,18-/m0/s1. The molecule has 3 saturated heterocycles. The van der Waals surface area contributed by atoms with Gasteiger partial charge >= 0.3 is 0 Å². The molecule has 0 aliphatic carbocycles.